The molecule has 1 rings (SSSR count). The van der Waals surface area contributed by atoms with Crippen LogP contribution in [0.15, 0.2) is 18.2 Å². The standard InChI is InChI=1S/C13H18F2N2O/c1-3-9(2)7-8-16-13(18)17-12-10(14)5-4-6-11(12)15/h4-6,9H,3,7-8H2,1-2H3,(H2,16,17,18). The highest BCUT2D eigenvalue weighted by Crippen LogP contribution is 2.17. The van der Waals surface area contributed by atoms with Gasteiger partial charge in [0.15, 0.2) is 0 Å². The van der Waals surface area contributed by atoms with Crippen molar-refractivity contribution in [3.05, 3.63) is 29.8 Å². The number of anilines is 1. The molecule has 1 aromatic carbocycles. The highest BCUT2D eigenvalue weighted by atomic mass is 19.1. The molecule has 1 atom stereocenters. The molecule has 5 heteroatoms. The summed E-state index contributed by atoms with van der Waals surface area (Å²) in [5, 5.41) is 4.74. The SMILES string of the molecule is CCC(C)CCNC(=O)Nc1c(F)cccc1F. The third-order valence-electron chi connectivity index (χ3n) is 2.82. The molecule has 0 spiro atoms. The van der Waals surface area contributed by atoms with Gasteiger partial charge in [0.1, 0.15) is 17.3 Å². The summed E-state index contributed by atoms with van der Waals surface area (Å²) in [5.74, 6) is -1.06. The molecule has 0 aliphatic rings. The number of urea groups is 1. The maximum absolute atomic E-state index is 13.2. The van der Waals surface area contributed by atoms with Gasteiger partial charge < -0.3 is 10.6 Å². The fourth-order valence-electron chi connectivity index (χ4n) is 1.41. The van der Waals surface area contributed by atoms with E-state index in [1.165, 1.54) is 6.07 Å². The van der Waals surface area contributed by atoms with Crippen molar-refractivity contribution in [2.75, 3.05) is 11.9 Å². The van der Waals surface area contributed by atoms with Gasteiger partial charge in [-0.25, -0.2) is 13.6 Å². The largest absolute Gasteiger partial charge is 0.338 e. The van der Waals surface area contributed by atoms with E-state index in [4.69, 9.17) is 0 Å². The van der Waals surface area contributed by atoms with E-state index in [0.717, 1.165) is 25.0 Å². The van der Waals surface area contributed by atoms with Crippen LogP contribution in [0.4, 0.5) is 19.3 Å². The molecule has 2 amide bonds. The van der Waals surface area contributed by atoms with E-state index in [1.807, 2.05) is 0 Å². The summed E-state index contributed by atoms with van der Waals surface area (Å²) in [6, 6.07) is 2.84. The van der Waals surface area contributed by atoms with E-state index < -0.39 is 23.4 Å². The lowest BCUT2D eigenvalue weighted by Crippen LogP contribution is -2.31. The van der Waals surface area contributed by atoms with Gasteiger partial charge in [0.25, 0.3) is 0 Å². The number of halogens is 2. The summed E-state index contributed by atoms with van der Waals surface area (Å²) in [7, 11) is 0. The Morgan fingerprint density at radius 3 is 2.50 bits per heavy atom. The molecule has 0 aliphatic carbocycles. The lowest BCUT2D eigenvalue weighted by molar-refractivity contribution is 0.251. The molecule has 0 aromatic heterocycles. The summed E-state index contributed by atoms with van der Waals surface area (Å²) in [4.78, 5) is 11.4. The quantitative estimate of drug-likeness (QED) is 0.831. The minimum Gasteiger partial charge on any atom is -0.338 e. The van der Waals surface area contributed by atoms with Crippen LogP contribution >= 0.6 is 0 Å². The van der Waals surface area contributed by atoms with E-state index in [9.17, 15) is 13.6 Å². The van der Waals surface area contributed by atoms with Crippen molar-refractivity contribution in [2.24, 2.45) is 5.92 Å². The molecule has 0 radical (unpaired) electrons. The van der Waals surface area contributed by atoms with Crippen LogP contribution in [0.1, 0.15) is 26.7 Å². The first-order valence-corrected chi connectivity index (χ1v) is 6.03. The molecule has 0 bridgehead atoms. The molecule has 0 saturated carbocycles. The Bertz CT molecular complexity index is 390. The van der Waals surface area contributed by atoms with Crippen LogP contribution in [0, 0.1) is 17.6 Å². The molecule has 2 N–H and O–H groups in total. The molecule has 100 valence electrons. The van der Waals surface area contributed by atoms with Crippen LogP contribution in [0.5, 0.6) is 0 Å². The molecule has 3 nitrogen and oxygen atoms in total. The minimum atomic E-state index is -0.785. The topological polar surface area (TPSA) is 41.1 Å². The zero-order valence-corrected chi connectivity index (χ0v) is 10.6. The van der Waals surface area contributed by atoms with Gasteiger partial charge in [0.2, 0.25) is 0 Å². The number of nitrogens with one attached hydrogen (secondary N) is 2. The first kappa shape index (κ1) is 14.4. The predicted molar refractivity (Wildman–Crippen MR) is 67.5 cm³/mol. The van der Waals surface area contributed by atoms with Crippen molar-refractivity contribution in [3.8, 4) is 0 Å². The number of hydrogen-bond donors (Lipinski definition) is 2. The smallest absolute Gasteiger partial charge is 0.319 e. The second-order valence-electron chi connectivity index (χ2n) is 4.28. The number of rotatable bonds is 5. The third-order valence-corrected chi connectivity index (χ3v) is 2.82. The minimum absolute atomic E-state index is 0.418. The normalized spacial score (nSPS) is 12.0. The summed E-state index contributed by atoms with van der Waals surface area (Å²) < 4.78 is 26.5. The lowest BCUT2D eigenvalue weighted by atomic mass is 10.1. The third kappa shape index (κ3) is 4.31. The zero-order valence-electron chi connectivity index (χ0n) is 10.6. The number of para-hydroxylation sites is 1. The molecule has 0 aliphatic heterocycles. The Balaban J connectivity index is 2.45. The van der Waals surface area contributed by atoms with E-state index in [2.05, 4.69) is 24.5 Å². The second-order valence-corrected chi connectivity index (χ2v) is 4.28. The molecule has 18 heavy (non-hydrogen) atoms. The molecule has 1 unspecified atom stereocenters. The lowest BCUT2D eigenvalue weighted by Gasteiger charge is -2.11. The monoisotopic (exact) mass is 256 g/mol. The average Bonchev–Trinajstić information content (AvgIpc) is 2.34. The van der Waals surface area contributed by atoms with Gasteiger partial charge in [-0.2, -0.15) is 0 Å². The molecule has 1 aromatic rings. The van der Waals surface area contributed by atoms with Gasteiger partial charge in [-0.3, -0.25) is 0 Å². The van der Waals surface area contributed by atoms with E-state index >= 15 is 0 Å². The first-order valence-electron chi connectivity index (χ1n) is 6.03. The highest BCUT2D eigenvalue weighted by Gasteiger charge is 2.11. The second kappa shape index (κ2) is 6.93. The van der Waals surface area contributed by atoms with Gasteiger partial charge in [0, 0.05) is 6.54 Å². The molecular formula is C13H18F2N2O. The summed E-state index contributed by atoms with van der Waals surface area (Å²) >= 11 is 0. The Morgan fingerprint density at radius 1 is 1.33 bits per heavy atom. The van der Waals surface area contributed by atoms with E-state index in [1.54, 1.807) is 0 Å². The van der Waals surface area contributed by atoms with Crippen molar-refractivity contribution < 1.29 is 13.6 Å². The molecule has 0 saturated heterocycles. The molecule has 0 fully saturated rings. The van der Waals surface area contributed by atoms with Gasteiger partial charge in [-0.1, -0.05) is 26.3 Å². The van der Waals surface area contributed by atoms with Crippen LogP contribution in [-0.2, 0) is 0 Å². The van der Waals surface area contributed by atoms with Gasteiger partial charge in [-0.15, -0.1) is 0 Å². The number of carbonyl (C=O) groups excluding carboxylic acids is 1. The first-order chi connectivity index (χ1) is 8.54. The van der Waals surface area contributed by atoms with Crippen molar-refractivity contribution >= 4 is 11.7 Å². The fourth-order valence-corrected chi connectivity index (χ4v) is 1.41. The zero-order chi connectivity index (χ0) is 13.5. The fraction of sp³-hybridized carbons (Fsp3) is 0.462. The van der Waals surface area contributed by atoms with Crippen molar-refractivity contribution in [3.63, 3.8) is 0 Å². The van der Waals surface area contributed by atoms with Crippen LogP contribution in [-0.4, -0.2) is 12.6 Å². The van der Waals surface area contributed by atoms with E-state index in [0.29, 0.717) is 12.5 Å². The van der Waals surface area contributed by atoms with Crippen LogP contribution in [0.2, 0.25) is 0 Å². The van der Waals surface area contributed by atoms with Crippen molar-refractivity contribution in [2.45, 2.75) is 26.7 Å². The maximum atomic E-state index is 13.2. The number of hydrogen-bond acceptors (Lipinski definition) is 1. The van der Waals surface area contributed by atoms with Gasteiger partial charge in [-0.05, 0) is 24.5 Å². The van der Waals surface area contributed by atoms with Gasteiger partial charge >= 0.3 is 6.03 Å². The number of carbonyl (C=O) groups is 1. The van der Waals surface area contributed by atoms with Crippen LogP contribution in [0.3, 0.4) is 0 Å². The maximum Gasteiger partial charge on any atom is 0.319 e. The Kier molecular flexibility index (Phi) is 5.55. The van der Waals surface area contributed by atoms with Gasteiger partial charge in [0.05, 0.1) is 0 Å². The summed E-state index contributed by atoms with van der Waals surface area (Å²) in [6.45, 7) is 4.63. The number of benzene rings is 1. The van der Waals surface area contributed by atoms with Crippen molar-refractivity contribution in [1.82, 2.24) is 5.32 Å². The average molecular weight is 256 g/mol. The predicted octanol–water partition coefficient (Wildman–Crippen LogP) is 3.52. The molecular weight excluding hydrogens is 238 g/mol. The van der Waals surface area contributed by atoms with Crippen LogP contribution < -0.4 is 10.6 Å². The Hall–Kier alpha value is -1.65. The summed E-state index contributed by atoms with van der Waals surface area (Å²) in [5.41, 5.74) is -0.418. The Morgan fingerprint density at radius 2 is 1.94 bits per heavy atom. The molecule has 0 heterocycles. The Labute approximate surface area is 106 Å². The number of amides is 2. The van der Waals surface area contributed by atoms with Crippen molar-refractivity contribution in [1.29, 1.82) is 0 Å². The summed E-state index contributed by atoms with van der Waals surface area (Å²) in [6.07, 6.45) is 1.87. The van der Waals surface area contributed by atoms with Crippen LogP contribution in [0.25, 0.3) is 0 Å². The highest BCUT2D eigenvalue weighted by molar-refractivity contribution is 5.89. The van der Waals surface area contributed by atoms with E-state index in [-0.39, 0.29) is 0 Å².